The molecule has 0 unspecified atom stereocenters. The summed E-state index contributed by atoms with van der Waals surface area (Å²) >= 11 is 6.00. The zero-order valence-corrected chi connectivity index (χ0v) is 19.6. The summed E-state index contributed by atoms with van der Waals surface area (Å²) in [5, 5.41) is 1.24. The Morgan fingerprint density at radius 2 is 1.62 bits per heavy atom. The molecule has 0 radical (unpaired) electrons. The molecule has 0 amide bonds. The van der Waals surface area contributed by atoms with E-state index in [-0.39, 0.29) is 9.79 Å². The van der Waals surface area contributed by atoms with Crippen molar-refractivity contribution in [2.75, 3.05) is 31.2 Å². The number of pyridine rings is 1. The van der Waals surface area contributed by atoms with E-state index in [9.17, 15) is 8.42 Å². The highest BCUT2D eigenvalue weighted by atomic mass is 35.5. The van der Waals surface area contributed by atoms with Crippen LogP contribution in [0, 0.1) is 11.8 Å². The summed E-state index contributed by atoms with van der Waals surface area (Å²) in [6, 6.07) is 9.97. The highest BCUT2D eigenvalue weighted by Crippen LogP contribution is 2.43. The lowest BCUT2D eigenvalue weighted by Crippen LogP contribution is -2.39. The zero-order chi connectivity index (χ0) is 22.5. The predicted octanol–water partition coefficient (Wildman–Crippen LogP) is 4.97. The fourth-order valence-electron chi connectivity index (χ4n) is 4.81. The van der Waals surface area contributed by atoms with Crippen LogP contribution >= 0.6 is 11.6 Å². The van der Waals surface area contributed by atoms with Gasteiger partial charge in [0, 0.05) is 35.8 Å². The van der Waals surface area contributed by atoms with Crippen LogP contribution in [-0.2, 0) is 9.84 Å². The Hall–Kier alpha value is -2.51. The van der Waals surface area contributed by atoms with Gasteiger partial charge < -0.3 is 14.4 Å². The SMILES string of the molecule is C[C@@H]1C[C@@H](C)CN(c2c(S(=O)(=O)c3ccc(Cl)cc3)cnc3cc4c(cc23)OCCO4)C1. The average molecular weight is 473 g/mol. The van der Waals surface area contributed by atoms with Gasteiger partial charge >= 0.3 is 0 Å². The van der Waals surface area contributed by atoms with E-state index in [0.29, 0.717) is 52.8 Å². The van der Waals surface area contributed by atoms with Crippen LogP contribution in [-0.4, -0.2) is 39.7 Å². The van der Waals surface area contributed by atoms with Gasteiger partial charge in [-0.15, -0.1) is 0 Å². The number of fused-ring (bicyclic) bond motifs is 2. The maximum absolute atomic E-state index is 13.7. The number of aromatic nitrogens is 1. The molecule has 0 N–H and O–H groups in total. The molecule has 0 saturated carbocycles. The fraction of sp³-hybridized carbons (Fsp3) is 0.375. The van der Waals surface area contributed by atoms with E-state index in [1.54, 1.807) is 12.1 Å². The van der Waals surface area contributed by atoms with Crippen LogP contribution in [0.15, 0.2) is 52.4 Å². The van der Waals surface area contributed by atoms with Gasteiger partial charge in [0.2, 0.25) is 9.84 Å². The van der Waals surface area contributed by atoms with E-state index in [4.69, 9.17) is 21.1 Å². The third-order valence-corrected chi connectivity index (χ3v) is 8.09. The number of piperidine rings is 1. The number of rotatable bonds is 3. The lowest BCUT2D eigenvalue weighted by atomic mass is 9.91. The van der Waals surface area contributed by atoms with Gasteiger partial charge in [-0.2, -0.15) is 0 Å². The van der Waals surface area contributed by atoms with Crippen molar-refractivity contribution in [3.63, 3.8) is 0 Å². The first-order valence-corrected chi connectivity index (χ1v) is 12.7. The van der Waals surface area contributed by atoms with E-state index in [2.05, 4.69) is 23.7 Å². The molecule has 2 aliphatic rings. The predicted molar refractivity (Wildman–Crippen MR) is 125 cm³/mol. The molecule has 168 valence electrons. The molecule has 0 bridgehead atoms. The molecule has 1 fully saturated rings. The van der Waals surface area contributed by atoms with E-state index in [1.165, 1.54) is 18.3 Å². The van der Waals surface area contributed by atoms with E-state index in [0.717, 1.165) is 24.9 Å². The molecule has 2 aromatic carbocycles. The number of anilines is 1. The lowest BCUT2D eigenvalue weighted by molar-refractivity contribution is 0.172. The third-order valence-electron chi connectivity index (χ3n) is 6.07. The average Bonchev–Trinajstić information content (AvgIpc) is 2.76. The van der Waals surface area contributed by atoms with Crippen molar-refractivity contribution in [3.05, 3.63) is 47.6 Å². The van der Waals surface area contributed by atoms with E-state index < -0.39 is 9.84 Å². The van der Waals surface area contributed by atoms with Gasteiger partial charge in [-0.05, 0) is 48.6 Å². The van der Waals surface area contributed by atoms with Gasteiger partial charge in [0.25, 0.3) is 0 Å². The molecule has 6 nitrogen and oxygen atoms in total. The number of benzene rings is 2. The molecule has 2 aliphatic heterocycles. The van der Waals surface area contributed by atoms with Crippen molar-refractivity contribution in [2.24, 2.45) is 11.8 Å². The molecule has 0 spiro atoms. The molecule has 1 aromatic heterocycles. The summed E-state index contributed by atoms with van der Waals surface area (Å²) in [4.78, 5) is 7.11. The van der Waals surface area contributed by atoms with Crippen molar-refractivity contribution < 1.29 is 17.9 Å². The maximum atomic E-state index is 13.7. The Bertz CT molecular complexity index is 1270. The first kappa shape index (κ1) is 21.3. The second-order valence-electron chi connectivity index (χ2n) is 8.79. The molecule has 5 rings (SSSR count). The van der Waals surface area contributed by atoms with Crippen LogP contribution in [0.5, 0.6) is 11.5 Å². The minimum absolute atomic E-state index is 0.194. The number of hydrogen-bond acceptors (Lipinski definition) is 6. The summed E-state index contributed by atoms with van der Waals surface area (Å²) in [7, 11) is -3.82. The second kappa shape index (κ2) is 8.12. The van der Waals surface area contributed by atoms with Gasteiger partial charge in [0.05, 0.1) is 16.1 Å². The number of ether oxygens (including phenoxy) is 2. The van der Waals surface area contributed by atoms with Gasteiger partial charge in [-0.25, -0.2) is 8.42 Å². The molecular weight excluding hydrogens is 448 g/mol. The van der Waals surface area contributed by atoms with Crippen LogP contribution in [0.25, 0.3) is 10.9 Å². The first-order chi connectivity index (χ1) is 15.3. The number of halogens is 1. The summed E-state index contributed by atoms with van der Waals surface area (Å²) in [6.07, 6.45) is 2.59. The van der Waals surface area contributed by atoms with E-state index in [1.807, 2.05) is 12.1 Å². The second-order valence-corrected chi connectivity index (χ2v) is 11.1. The summed E-state index contributed by atoms with van der Waals surface area (Å²) in [5.74, 6) is 2.15. The summed E-state index contributed by atoms with van der Waals surface area (Å²) in [5.41, 5.74) is 1.37. The van der Waals surface area contributed by atoms with Crippen molar-refractivity contribution in [1.29, 1.82) is 0 Å². The molecular formula is C24H25ClN2O4S. The Morgan fingerprint density at radius 1 is 1.00 bits per heavy atom. The number of hydrogen-bond donors (Lipinski definition) is 0. The molecule has 0 aliphatic carbocycles. The van der Waals surface area contributed by atoms with Crippen molar-refractivity contribution in [2.45, 2.75) is 30.1 Å². The highest BCUT2D eigenvalue weighted by Gasteiger charge is 2.31. The van der Waals surface area contributed by atoms with Crippen LogP contribution < -0.4 is 14.4 Å². The topological polar surface area (TPSA) is 68.7 Å². The molecule has 1 saturated heterocycles. The molecule has 3 aromatic rings. The highest BCUT2D eigenvalue weighted by molar-refractivity contribution is 7.91. The van der Waals surface area contributed by atoms with Crippen LogP contribution in [0.2, 0.25) is 5.02 Å². The summed E-state index contributed by atoms with van der Waals surface area (Å²) < 4.78 is 39.0. The van der Waals surface area contributed by atoms with Gasteiger partial charge in [-0.3, -0.25) is 4.98 Å². The van der Waals surface area contributed by atoms with Crippen molar-refractivity contribution in [1.82, 2.24) is 4.98 Å². The van der Waals surface area contributed by atoms with E-state index >= 15 is 0 Å². The number of nitrogens with zero attached hydrogens (tertiary/aromatic N) is 2. The maximum Gasteiger partial charge on any atom is 0.210 e. The smallest absolute Gasteiger partial charge is 0.210 e. The molecule has 8 heteroatoms. The first-order valence-electron chi connectivity index (χ1n) is 10.8. The third kappa shape index (κ3) is 3.77. The quantitative estimate of drug-likeness (QED) is 0.535. The van der Waals surface area contributed by atoms with Crippen LogP contribution in [0.3, 0.4) is 0 Å². The standard InChI is InChI=1S/C24H25ClN2O4S/c1-15-9-16(2)14-27(13-15)24-19-10-21-22(31-8-7-30-21)11-20(19)26-12-23(24)32(28,29)18-5-3-17(25)4-6-18/h3-6,10-12,15-16H,7-9,13-14H2,1-2H3/t15-,16-/m1/s1. The number of sulfone groups is 1. The minimum atomic E-state index is -3.82. The monoisotopic (exact) mass is 472 g/mol. The zero-order valence-electron chi connectivity index (χ0n) is 18.0. The Morgan fingerprint density at radius 3 is 2.28 bits per heavy atom. The van der Waals surface area contributed by atoms with Gasteiger partial charge in [-0.1, -0.05) is 25.4 Å². The Kier molecular flexibility index (Phi) is 5.42. The lowest BCUT2D eigenvalue weighted by Gasteiger charge is -2.38. The summed E-state index contributed by atoms with van der Waals surface area (Å²) in [6.45, 7) is 6.91. The Balaban J connectivity index is 1.76. The van der Waals surface area contributed by atoms with Crippen LogP contribution in [0.4, 0.5) is 5.69 Å². The van der Waals surface area contributed by atoms with Crippen molar-refractivity contribution in [3.8, 4) is 11.5 Å². The fourth-order valence-corrected chi connectivity index (χ4v) is 6.37. The van der Waals surface area contributed by atoms with Crippen molar-refractivity contribution >= 4 is 38.0 Å². The Labute approximate surface area is 193 Å². The molecule has 2 atom stereocenters. The normalized spacial score (nSPS) is 21.0. The largest absolute Gasteiger partial charge is 0.486 e. The van der Waals surface area contributed by atoms with Gasteiger partial charge in [0.1, 0.15) is 18.1 Å². The van der Waals surface area contributed by atoms with Crippen LogP contribution in [0.1, 0.15) is 20.3 Å². The van der Waals surface area contributed by atoms with Gasteiger partial charge in [0.15, 0.2) is 11.5 Å². The minimum Gasteiger partial charge on any atom is -0.486 e. The molecule has 32 heavy (non-hydrogen) atoms. The molecule has 3 heterocycles.